The van der Waals surface area contributed by atoms with E-state index in [0.717, 1.165) is 30.0 Å². The van der Waals surface area contributed by atoms with Gasteiger partial charge in [-0.25, -0.2) is 9.97 Å². The average Bonchev–Trinajstić information content (AvgIpc) is 3.43. The first-order chi connectivity index (χ1) is 13.2. The van der Waals surface area contributed by atoms with Gasteiger partial charge in [0.2, 0.25) is 0 Å². The Morgan fingerprint density at radius 1 is 1.26 bits per heavy atom. The predicted molar refractivity (Wildman–Crippen MR) is 107 cm³/mol. The normalized spacial score (nSPS) is 13.9. The Labute approximate surface area is 164 Å². The van der Waals surface area contributed by atoms with Crippen LogP contribution in [0.2, 0.25) is 5.02 Å². The molecule has 1 fully saturated rings. The number of pyridine rings is 1. The van der Waals surface area contributed by atoms with Gasteiger partial charge in [-0.05, 0) is 49.4 Å². The van der Waals surface area contributed by atoms with Gasteiger partial charge in [-0.2, -0.15) is 0 Å². The van der Waals surface area contributed by atoms with Crippen molar-refractivity contribution in [3.63, 3.8) is 0 Å². The van der Waals surface area contributed by atoms with Gasteiger partial charge in [0.1, 0.15) is 11.3 Å². The summed E-state index contributed by atoms with van der Waals surface area (Å²) < 4.78 is 2.19. The largest absolute Gasteiger partial charge is 0.331 e. The molecule has 1 saturated carbocycles. The molecule has 1 aliphatic carbocycles. The maximum Gasteiger partial charge on any atom is 0.255 e. The number of nitrogens with zero attached hydrogens (tertiary/aromatic N) is 4. The first-order valence-corrected chi connectivity index (χ1v) is 9.89. The van der Waals surface area contributed by atoms with Crippen molar-refractivity contribution in [3.8, 4) is 0 Å². The Morgan fingerprint density at radius 3 is 2.81 bits per heavy atom. The highest BCUT2D eigenvalue weighted by Gasteiger charge is 2.26. The number of rotatable bonds is 7. The minimum atomic E-state index is -0.0552. The molecule has 1 aromatic carbocycles. The van der Waals surface area contributed by atoms with Crippen LogP contribution < -0.4 is 0 Å². The minimum absolute atomic E-state index is 0.0552. The second kappa shape index (κ2) is 7.69. The van der Waals surface area contributed by atoms with Crippen LogP contribution in [0.15, 0.2) is 42.6 Å². The molecule has 0 radical (unpaired) electrons. The lowest BCUT2D eigenvalue weighted by Gasteiger charge is -2.23. The highest BCUT2D eigenvalue weighted by molar-refractivity contribution is 6.33. The molecule has 0 bridgehead atoms. The number of hydrogen-bond acceptors (Lipinski definition) is 3. The van der Waals surface area contributed by atoms with Crippen molar-refractivity contribution >= 4 is 28.7 Å². The quantitative estimate of drug-likeness (QED) is 0.602. The highest BCUT2D eigenvalue weighted by Crippen LogP contribution is 2.32. The fourth-order valence-corrected chi connectivity index (χ4v) is 3.59. The standard InChI is InChI=1S/C21H23ClN4O/c1-2-12-25(21(27)16-6-3-4-7-17(16)22)14-19-24-18-8-5-11-23-20(18)26(19)13-15-9-10-15/h3-8,11,15H,2,9-10,12-14H2,1H3. The Bertz CT molecular complexity index is 964. The van der Waals surface area contributed by atoms with E-state index in [1.54, 1.807) is 18.3 Å². The number of benzene rings is 1. The number of aromatic nitrogens is 3. The summed E-state index contributed by atoms with van der Waals surface area (Å²) >= 11 is 6.26. The van der Waals surface area contributed by atoms with Crippen molar-refractivity contribution in [3.05, 3.63) is 59.0 Å². The molecule has 0 spiro atoms. The predicted octanol–water partition coefficient (Wildman–Crippen LogP) is 4.55. The van der Waals surface area contributed by atoms with E-state index in [2.05, 4.69) is 16.5 Å². The number of imidazole rings is 1. The summed E-state index contributed by atoms with van der Waals surface area (Å²) in [5.41, 5.74) is 2.33. The van der Waals surface area contributed by atoms with E-state index >= 15 is 0 Å². The number of amides is 1. The lowest BCUT2D eigenvalue weighted by Crippen LogP contribution is -2.32. The Hall–Kier alpha value is -2.40. The van der Waals surface area contributed by atoms with Crippen LogP contribution in [0, 0.1) is 5.92 Å². The molecule has 2 aromatic heterocycles. The van der Waals surface area contributed by atoms with Crippen LogP contribution in [-0.2, 0) is 13.1 Å². The van der Waals surface area contributed by atoms with E-state index in [9.17, 15) is 4.79 Å². The zero-order valence-corrected chi connectivity index (χ0v) is 16.2. The number of carbonyl (C=O) groups is 1. The molecule has 0 unspecified atom stereocenters. The maximum atomic E-state index is 13.1. The number of carbonyl (C=O) groups excluding carboxylic acids is 1. The van der Waals surface area contributed by atoms with Gasteiger partial charge in [-0.1, -0.05) is 30.7 Å². The maximum absolute atomic E-state index is 13.1. The molecule has 0 aliphatic heterocycles. The SMILES string of the molecule is CCCN(Cc1nc2cccnc2n1CC1CC1)C(=O)c1ccccc1Cl. The molecular formula is C21H23ClN4O. The first kappa shape index (κ1) is 18.0. The zero-order valence-electron chi connectivity index (χ0n) is 15.4. The van der Waals surface area contributed by atoms with Gasteiger partial charge in [0.05, 0.1) is 17.1 Å². The highest BCUT2D eigenvalue weighted by atomic mass is 35.5. The van der Waals surface area contributed by atoms with Crippen LogP contribution in [0.1, 0.15) is 42.4 Å². The zero-order chi connectivity index (χ0) is 18.8. The van der Waals surface area contributed by atoms with E-state index in [4.69, 9.17) is 16.6 Å². The molecule has 3 aromatic rings. The van der Waals surface area contributed by atoms with E-state index in [1.165, 1.54) is 12.8 Å². The van der Waals surface area contributed by atoms with Crippen molar-refractivity contribution < 1.29 is 4.79 Å². The van der Waals surface area contributed by atoms with Crippen LogP contribution in [0.3, 0.4) is 0 Å². The summed E-state index contributed by atoms with van der Waals surface area (Å²) in [4.78, 5) is 24.3. The van der Waals surface area contributed by atoms with E-state index < -0.39 is 0 Å². The molecule has 140 valence electrons. The van der Waals surface area contributed by atoms with Gasteiger partial charge in [0, 0.05) is 19.3 Å². The van der Waals surface area contributed by atoms with Gasteiger partial charge in [-0.3, -0.25) is 4.79 Å². The summed E-state index contributed by atoms with van der Waals surface area (Å²) in [7, 11) is 0. The second-order valence-corrected chi connectivity index (χ2v) is 7.54. The van der Waals surface area contributed by atoms with Crippen LogP contribution in [0.25, 0.3) is 11.2 Å². The van der Waals surface area contributed by atoms with Gasteiger partial charge < -0.3 is 9.47 Å². The smallest absolute Gasteiger partial charge is 0.255 e. The molecule has 27 heavy (non-hydrogen) atoms. The molecular weight excluding hydrogens is 360 g/mol. The van der Waals surface area contributed by atoms with Crippen molar-refractivity contribution in [1.82, 2.24) is 19.4 Å². The number of fused-ring (bicyclic) bond motifs is 1. The topological polar surface area (TPSA) is 51.0 Å². The molecule has 0 saturated heterocycles. The van der Waals surface area contributed by atoms with Crippen LogP contribution in [0.4, 0.5) is 0 Å². The molecule has 0 N–H and O–H groups in total. The van der Waals surface area contributed by atoms with Crippen LogP contribution >= 0.6 is 11.6 Å². The summed E-state index contributed by atoms with van der Waals surface area (Å²) in [6.07, 6.45) is 5.18. The summed E-state index contributed by atoms with van der Waals surface area (Å²) in [6.45, 7) is 4.11. The van der Waals surface area contributed by atoms with Crippen molar-refractivity contribution in [2.24, 2.45) is 5.92 Å². The fourth-order valence-electron chi connectivity index (χ4n) is 3.37. The van der Waals surface area contributed by atoms with Crippen LogP contribution in [0.5, 0.6) is 0 Å². The Kier molecular flexibility index (Phi) is 5.12. The number of hydrogen-bond donors (Lipinski definition) is 0. The monoisotopic (exact) mass is 382 g/mol. The van der Waals surface area contributed by atoms with Crippen molar-refractivity contribution in [1.29, 1.82) is 0 Å². The van der Waals surface area contributed by atoms with Crippen molar-refractivity contribution in [2.75, 3.05) is 6.54 Å². The third-order valence-corrected chi connectivity index (χ3v) is 5.27. The molecule has 6 heteroatoms. The van der Waals surface area contributed by atoms with E-state index in [0.29, 0.717) is 29.6 Å². The average molecular weight is 383 g/mol. The van der Waals surface area contributed by atoms with Gasteiger partial charge in [0.25, 0.3) is 5.91 Å². The third kappa shape index (κ3) is 3.83. The van der Waals surface area contributed by atoms with E-state index in [-0.39, 0.29) is 5.91 Å². The second-order valence-electron chi connectivity index (χ2n) is 7.13. The molecule has 5 nitrogen and oxygen atoms in total. The van der Waals surface area contributed by atoms with Crippen LogP contribution in [-0.4, -0.2) is 31.9 Å². The summed E-state index contributed by atoms with van der Waals surface area (Å²) in [5, 5.41) is 0.483. The Balaban J connectivity index is 1.67. The van der Waals surface area contributed by atoms with Gasteiger partial charge in [-0.15, -0.1) is 0 Å². The lowest BCUT2D eigenvalue weighted by atomic mass is 10.2. The molecule has 1 aliphatic rings. The molecule has 2 heterocycles. The van der Waals surface area contributed by atoms with Crippen molar-refractivity contribution in [2.45, 2.75) is 39.3 Å². The molecule has 0 atom stereocenters. The number of halogens is 1. The van der Waals surface area contributed by atoms with E-state index in [1.807, 2.05) is 29.2 Å². The lowest BCUT2D eigenvalue weighted by molar-refractivity contribution is 0.0737. The van der Waals surface area contributed by atoms with Gasteiger partial charge in [0.15, 0.2) is 5.65 Å². The molecule has 1 amide bonds. The minimum Gasteiger partial charge on any atom is -0.331 e. The summed E-state index contributed by atoms with van der Waals surface area (Å²) in [6, 6.07) is 11.1. The summed E-state index contributed by atoms with van der Waals surface area (Å²) in [5.74, 6) is 1.53. The van der Waals surface area contributed by atoms with Gasteiger partial charge >= 0.3 is 0 Å². The molecule has 4 rings (SSSR count). The fraction of sp³-hybridized carbons (Fsp3) is 0.381. The first-order valence-electron chi connectivity index (χ1n) is 9.51. The Morgan fingerprint density at radius 2 is 2.07 bits per heavy atom. The third-order valence-electron chi connectivity index (χ3n) is 4.94.